The molecule has 0 radical (unpaired) electrons. The van der Waals surface area contributed by atoms with Gasteiger partial charge in [-0.25, -0.2) is 12.7 Å². The lowest BCUT2D eigenvalue weighted by molar-refractivity contribution is -0.120. The number of sulfonamides is 1. The van der Waals surface area contributed by atoms with Gasteiger partial charge in [0, 0.05) is 25.9 Å². The smallest absolute Gasteiger partial charge is 0.216 e. The molecule has 0 aromatic heterocycles. The molecule has 0 N–H and O–H groups in total. The standard InChI is InChI=1S/C8H15NO3S.C2H4/c1-7(2)13(11,12)9-5-3-8(10)4-6-9;1-2/h7H,3-6H2,1-2H3;1-2H2. The van der Waals surface area contributed by atoms with Crippen LogP contribution in [0.1, 0.15) is 26.7 Å². The molecule has 4 nitrogen and oxygen atoms in total. The van der Waals surface area contributed by atoms with E-state index >= 15 is 0 Å². The fraction of sp³-hybridized carbons (Fsp3) is 0.700. The lowest BCUT2D eigenvalue weighted by Gasteiger charge is -2.26. The first-order valence-electron chi connectivity index (χ1n) is 4.95. The number of hydrogen-bond acceptors (Lipinski definition) is 3. The minimum absolute atomic E-state index is 0.162. The molecule has 5 heteroatoms. The molecule has 1 fully saturated rings. The Hall–Kier alpha value is -0.680. The van der Waals surface area contributed by atoms with Gasteiger partial charge >= 0.3 is 0 Å². The van der Waals surface area contributed by atoms with Crippen LogP contribution in [-0.4, -0.2) is 36.8 Å². The molecule has 0 bridgehead atoms. The second kappa shape index (κ2) is 6.02. The van der Waals surface area contributed by atoms with Crippen LogP contribution in [0.25, 0.3) is 0 Å². The van der Waals surface area contributed by atoms with Crippen molar-refractivity contribution in [1.29, 1.82) is 0 Å². The summed E-state index contributed by atoms with van der Waals surface area (Å²) >= 11 is 0. The first-order chi connectivity index (χ1) is 6.94. The maximum atomic E-state index is 11.6. The van der Waals surface area contributed by atoms with Crippen LogP contribution < -0.4 is 0 Å². The Morgan fingerprint density at radius 2 is 1.60 bits per heavy atom. The second-order valence-electron chi connectivity index (χ2n) is 3.53. The van der Waals surface area contributed by atoms with Gasteiger partial charge in [-0.1, -0.05) is 0 Å². The van der Waals surface area contributed by atoms with Crippen LogP contribution in [0.15, 0.2) is 13.2 Å². The van der Waals surface area contributed by atoms with Crippen LogP contribution >= 0.6 is 0 Å². The first-order valence-corrected chi connectivity index (χ1v) is 6.45. The maximum Gasteiger partial charge on any atom is 0.216 e. The molecule has 0 amide bonds. The Morgan fingerprint density at radius 1 is 1.20 bits per heavy atom. The summed E-state index contributed by atoms with van der Waals surface area (Å²) in [4.78, 5) is 10.9. The predicted octanol–water partition coefficient (Wildman–Crippen LogP) is 1.19. The van der Waals surface area contributed by atoms with Crippen molar-refractivity contribution in [2.75, 3.05) is 13.1 Å². The van der Waals surface area contributed by atoms with E-state index in [0.717, 1.165) is 0 Å². The molecule has 1 rings (SSSR count). The van der Waals surface area contributed by atoms with Crippen LogP contribution in [0, 0.1) is 0 Å². The van der Waals surface area contributed by atoms with Crippen molar-refractivity contribution in [3.8, 4) is 0 Å². The van der Waals surface area contributed by atoms with Crippen LogP contribution in [0.4, 0.5) is 0 Å². The summed E-state index contributed by atoms with van der Waals surface area (Å²) in [6.07, 6.45) is 0.734. The highest BCUT2D eigenvalue weighted by atomic mass is 32.2. The molecule has 0 aromatic rings. The summed E-state index contributed by atoms with van der Waals surface area (Å²) in [6.45, 7) is 10.0. The Balaban J connectivity index is 0.000000921. The summed E-state index contributed by atoms with van der Waals surface area (Å²) in [5.41, 5.74) is 0. The maximum absolute atomic E-state index is 11.6. The number of hydrogen-bond donors (Lipinski definition) is 0. The zero-order valence-electron chi connectivity index (χ0n) is 9.40. The third-order valence-electron chi connectivity index (χ3n) is 2.24. The molecule has 0 unspecified atom stereocenters. The molecule has 88 valence electrons. The molecule has 1 aliphatic heterocycles. The van der Waals surface area contributed by atoms with Crippen molar-refractivity contribution in [3.63, 3.8) is 0 Å². The molecule has 1 heterocycles. The minimum atomic E-state index is -3.14. The van der Waals surface area contributed by atoms with E-state index < -0.39 is 10.0 Å². The molecule has 0 spiro atoms. The largest absolute Gasteiger partial charge is 0.300 e. The van der Waals surface area contributed by atoms with E-state index in [2.05, 4.69) is 13.2 Å². The Morgan fingerprint density at radius 3 is 1.93 bits per heavy atom. The van der Waals surface area contributed by atoms with Gasteiger partial charge in [0.1, 0.15) is 5.78 Å². The number of piperidine rings is 1. The summed E-state index contributed by atoms with van der Waals surface area (Å²) in [6, 6.07) is 0. The molecular weight excluding hydrogens is 214 g/mol. The van der Waals surface area contributed by atoms with Crippen LogP contribution in [-0.2, 0) is 14.8 Å². The fourth-order valence-corrected chi connectivity index (χ4v) is 2.58. The average molecular weight is 233 g/mol. The van der Waals surface area contributed by atoms with Gasteiger partial charge < -0.3 is 0 Å². The van der Waals surface area contributed by atoms with Crippen molar-refractivity contribution in [2.45, 2.75) is 31.9 Å². The van der Waals surface area contributed by atoms with E-state index in [9.17, 15) is 13.2 Å². The number of ketones is 1. The van der Waals surface area contributed by atoms with Crippen molar-refractivity contribution >= 4 is 15.8 Å². The summed E-state index contributed by atoms with van der Waals surface area (Å²) in [7, 11) is -3.14. The number of rotatable bonds is 2. The molecule has 0 atom stereocenters. The van der Waals surface area contributed by atoms with Gasteiger partial charge in [-0.3, -0.25) is 4.79 Å². The van der Waals surface area contributed by atoms with E-state index in [4.69, 9.17) is 0 Å². The highest BCUT2D eigenvalue weighted by Crippen LogP contribution is 2.14. The number of nitrogens with zero attached hydrogens (tertiary/aromatic N) is 1. The van der Waals surface area contributed by atoms with Crippen molar-refractivity contribution in [1.82, 2.24) is 4.31 Å². The third-order valence-corrected chi connectivity index (χ3v) is 4.51. The molecule has 0 aromatic carbocycles. The van der Waals surface area contributed by atoms with E-state index in [1.165, 1.54) is 4.31 Å². The van der Waals surface area contributed by atoms with Crippen LogP contribution in [0.2, 0.25) is 0 Å². The van der Waals surface area contributed by atoms with E-state index in [1.54, 1.807) is 13.8 Å². The summed E-state index contributed by atoms with van der Waals surface area (Å²) < 4.78 is 24.6. The number of Topliss-reactive ketones (excluding diaryl/α,β-unsaturated/α-hetero) is 1. The summed E-state index contributed by atoms with van der Waals surface area (Å²) in [5.74, 6) is 0.162. The Kier molecular flexibility index (Phi) is 5.75. The van der Waals surface area contributed by atoms with E-state index in [-0.39, 0.29) is 11.0 Å². The minimum Gasteiger partial charge on any atom is -0.300 e. The SMILES string of the molecule is C=C.CC(C)S(=O)(=O)N1CCC(=O)CC1. The highest BCUT2D eigenvalue weighted by molar-refractivity contribution is 7.89. The Labute approximate surface area is 92.0 Å². The van der Waals surface area contributed by atoms with Gasteiger partial charge in [0.15, 0.2) is 0 Å². The van der Waals surface area contributed by atoms with Gasteiger partial charge in [0.25, 0.3) is 0 Å². The van der Waals surface area contributed by atoms with E-state index in [0.29, 0.717) is 25.9 Å². The van der Waals surface area contributed by atoms with Crippen molar-refractivity contribution in [2.24, 2.45) is 0 Å². The fourth-order valence-electron chi connectivity index (χ4n) is 1.29. The predicted molar refractivity (Wildman–Crippen MR) is 61.1 cm³/mol. The lowest BCUT2D eigenvalue weighted by Crippen LogP contribution is -2.41. The molecule has 0 saturated carbocycles. The van der Waals surface area contributed by atoms with Crippen LogP contribution in [0.3, 0.4) is 0 Å². The van der Waals surface area contributed by atoms with Crippen molar-refractivity contribution < 1.29 is 13.2 Å². The van der Waals surface area contributed by atoms with Gasteiger partial charge in [0.2, 0.25) is 10.0 Å². The first kappa shape index (κ1) is 14.3. The topological polar surface area (TPSA) is 54.5 Å². The molecule has 1 aliphatic rings. The molecule has 0 aliphatic carbocycles. The molecular formula is C10H19NO3S. The molecule has 1 saturated heterocycles. The van der Waals surface area contributed by atoms with Gasteiger partial charge in [-0.2, -0.15) is 0 Å². The van der Waals surface area contributed by atoms with Crippen LogP contribution in [0.5, 0.6) is 0 Å². The number of carbonyl (C=O) groups excluding carboxylic acids is 1. The van der Waals surface area contributed by atoms with E-state index in [1.807, 2.05) is 0 Å². The van der Waals surface area contributed by atoms with Gasteiger partial charge in [0.05, 0.1) is 5.25 Å². The number of carbonyl (C=O) groups is 1. The average Bonchev–Trinajstić information content (AvgIpc) is 2.21. The van der Waals surface area contributed by atoms with Crippen molar-refractivity contribution in [3.05, 3.63) is 13.2 Å². The zero-order valence-corrected chi connectivity index (χ0v) is 10.2. The quantitative estimate of drug-likeness (QED) is 0.673. The van der Waals surface area contributed by atoms with Gasteiger partial charge in [-0.15, -0.1) is 13.2 Å². The second-order valence-corrected chi connectivity index (χ2v) is 6.02. The molecule has 15 heavy (non-hydrogen) atoms. The summed E-state index contributed by atoms with van der Waals surface area (Å²) in [5, 5.41) is -0.388. The van der Waals surface area contributed by atoms with Gasteiger partial charge in [-0.05, 0) is 13.8 Å². The third kappa shape index (κ3) is 3.76. The lowest BCUT2D eigenvalue weighted by atomic mass is 10.1. The monoisotopic (exact) mass is 233 g/mol. The normalized spacial score (nSPS) is 18.5. The highest BCUT2D eigenvalue weighted by Gasteiger charge is 2.28. The Bertz CT molecular complexity index is 299. The zero-order chi connectivity index (χ0) is 12.1.